The molecule has 2 atom stereocenters. The molecule has 3 heterocycles. The first-order valence-electron chi connectivity index (χ1n) is 29.6. The zero-order valence-electron chi connectivity index (χ0n) is 53.3. The summed E-state index contributed by atoms with van der Waals surface area (Å²) >= 11 is 3.44. The first kappa shape index (κ1) is 82.3. The van der Waals surface area contributed by atoms with Crippen molar-refractivity contribution in [2.75, 3.05) is 88.7 Å². The average Bonchev–Trinajstić information content (AvgIpc) is 0.842. The van der Waals surface area contributed by atoms with Gasteiger partial charge in [0.25, 0.3) is 5.69 Å². The van der Waals surface area contributed by atoms with Crippen LogP contribution in [0.15, 0.2) is 102 Å². The van der Waals surface area contributed by atoms with Gasteiger partial charge in [0.15, 0.2) is 5.40 Å². The number of unbranched alkanes of at least 4 members (excludes halogenated alkanes) is 3. The molecule has 0 saturated heterocycles. The number of aromatic nitrogens is 3. The van der Waals surface area contributed by atoms with E-state index in [0.717, 1.165) is 66.5 Å². The van der Waals surface area contributed by atoms with E-state index in [1.165, 1.54) is 25.6 Å². The third-order valence-electron chi connectivity index (χ3n) is 13.1. The van der Waals surface area contributed by atoms with Gasteiger partial charge in [0, 0.05) is 60.1 Å². The molecule has 33 heteroatoms. The van der Waals surface area contributed by atoms with E-state index in [1.807, 2.05) is 56.3 Å². The molecule has 3 aromatic heterocycles. The van der Waals surface area contributed by atoms with Gasteiger partial charge < -0.3 is 72.8 Å². The SMILES string of the molecule is CCCCNc1ncc(-c2ccccc2)cc1CC(P(=O)(O)O)P(=O)(O)O.CCCCNc1ncc(Br)cc1CC(P(C)(C)=O)P(=O)(OCC)OCC.CCCCNc1ncc([N+](=O)[O-])cc1CC(P(C)(C)=O)P(=O)(OCC)OCC.OB(O)c1ccccc1. The van der Waals surface area contributed by atoms with Crippen molar-refractivity contribution in [1.82, 2.24) is 15.0 Å². The summed E-state index contributed by atoms with van der Waals surface area (Å²) in [4.78, 5) is 61.4. The first-order chi connectivity index (χ1) is 42.2. The number of halogens is 1. The smallest absolute Gasteiger partial charge is 0.423 e. The third kappa shape index (κ3) is 28.8. The van der Waals surface area contributed by atoms with Crippen molar-refractivity contribution in [3.8, 4) is 11.1 Å². The van der Waals surface area contributed by atoms with Gasteiger partial charge >= 0.3 is 37.5 Å². The van der Waals surface area contributed by atoms with Crippen molar-refractivity contribution in [3.63, 3.8) is 0 Å². The van der Waals surface area contributed by atoms with Crippen LogP contribution < -0.4 is 21.4 Å². The fourth-order valence-corrected chi connectivity index (χ4v) is 22.1. The topological polar surface area (TPSA) is 379 Å². The number of hydrogen-bond acceptors (Lipinski definition) is 20. The number of benzene rings is 2. The van der Waals surface area contributed by atoms with E-state index >= 15 is 0 Å². The Kier molecular flexibility index (Phi) is 37.0. The molecule has 0 amide bonds. The van der Waals surface area contributed by atoms with Crippen LogP contribution >= 0.6 is 60.6 Å². The Morgan fingerprint density at radius 1 is 0.522 bits per heavy atom. The largest absolute Gasteiger partial charge is 0.488 e. The zero-order valence-corrected chi connectivity index (χ0v) is 60.2. The predicted molar refractivity (Wildman–Crippen MR) is 366 cm³/mol. The number of pyridine rings is 3. The fraction of sp³-hybridized carbons (Fsp3) is 0.526. The molecule has 0 spiro atoms. The Labute approximate surface area is 539 Å². The van der Waals surface area contributed by atoms with Crippen LogP contribution in [-0.4, -0.2) is 146 Å². The first-order valence-corrected chi connectivity index (χ1v) is 42.3. The monoisotopic (exact) mass is 1440 g/mol. The summed E-state index contributed by atoms with van der Waals surface area (Å²) in [5, 5.41) is 34.2. The highest BCUT2D eigenvalue weighted by Crippen LogP contribution is 2.69. The fourth-order valence-electron chi connectivity index (χ4n) is 8.60. The minimum atomic E-state index is -5.02. The zero-order chi connectivity index (χ0) is 67.9. The number of nitro groups is 1. The van der Waals surface area contributed by atoms with Crippen molar-refractivity contribution in [1.29, 1.82) is 0 Å². The van der Waals surface area contributed by atoms with Crippen molar-refractivity contribution in [3.05, 3.63) is 129 Å². The molecular weight excluding hydrogens is 1350 g/mol. The van der Waals surface area contributed by atoms with E-state index in [0.29, 0.717) is 53.3 Å². The summed E-state index contributed by atoms with van der Waals surface area (Å²) in [7, 11) is -24.3. The highest BCUT2D eigenvalue weighted by Gasteiger charge is 2.46. The maximum absolute atomic E-state index is 13.4. The Bertz CT molecular complexity index is 3210. The molecule has 0 radical (unpaired) electrons. The second-order valence-corrected chi connectivity index (χ2v) is 38.4. The van der Waals surface area contributed by atoms with Crippen LogP contribution in [0, 0.1) is 10.1 Å². The molecule has 0 bridgehead atoms. The minimum Gasteiger partial charge on any atom is -0.423 e. The molecule has 504 valence electrons. The summed E-state index contributed by atoms with van der Waals surface area (Å²) in [6, 6.07) is 22.9. The Hall–Kier alpha value is -3.79. The van der Waals surface area contributed by atoms with E-state index < -0.39 is 79.3 Å². The number of nitrogens with one attached hydrogen (secondary N) is 3. The molecule has 0 aliphatic carbocycles. The van der Waals surface area contributed by atoms with E-state index in [9.17, 15) is 57.1 Å². The standard InChI is InChI=1S/C17H31BrN2O4P2.C17H31N3O6P2.C17H24N2O6P2.C6H7BO2/c1-6-9-10-19-17-14(11-15(18)13-20-17)12-16(25(4,5)21)26(22,23-7-2)24-8-3;1-6-9-10-18-17-14(11-15(13-19-17)20(21)22)12-16(27(4,5)23)28(24,25-7-2)26-8-3;1-2-3-9-18-17-14(11-16(26(20,21)22)27(23,24)25)10-15(12-19-17)13-7-5-4-6-8-13;8-7(9)6-4-2-1-3-5-6/h11,13,16H,6-10,12H2,1-5H3,(H,19,20);11,13,16H,6-10,12H2,1-5H3,(H,18,19);4-8,10,12,16H,2-3,9,11H2,1H3,(H,18,19)(H2,20,21,22)(H2,23,24,25);1-5,8-9H. The molecule has 0 aliphatic heterocycles. The molecule has 5 aromatic rings. The van der Waals surface area contributed by atoms with Crippen molar-refractivity contribution in [2.45, 2.75) is 122 Å². The van der Waals surface area contributed by atoms with Gasteiger partial charge in [0.05, 0.1) is 45.6 Å². The van der Waals surface area contributed by atoms with Gasteiger partial charge in [0.2, 0.25) is 0 Å². The second-order valence-electron chi connectivity index (χ2n) is 21.2. The molecular formula is C57H93BBrN7O18P6. The van der Waals surface area contributed by atoms with Crippen LogP contribution in [0.2, 0.25) is 0 Å². The van der Waals surface area contributed by atoms with Gasteiger partial charge in [-0.25, -0.2) is 15.0 Å². The van der Waals surface area contributed by atoms with Crippen LogP contribution in [-0.2, 0) is 64.7 Å². The Morgan fingerprint density at radius 3 is 1.22 bits per heavy atom. The Morgan fingerprint density at radius 2 is 0.878 bits per heavy atom. The van der Waals surface area contributed by atoms with Crippen molar-refractivity contribution < 1.29 is 80.0 Å². The maximum atomic E-state index is 13.4. The average molecular weight is 1440 g/mol. The third-order valence-corrected chi connectivity index (χ3v) is 29.8. The van der Waals surface area contributed by atoms with E-state index in [-0.39, 0.29) is 38.5 Å². The molecule has 0 aliphatic rings. The molecule has 0 fully saturated rings. The lowest BCUT2D eigenvalue weighted by Crippen LogP contribution is -2.29. The number of hydrogen-bond donors (Lipinski definition) is 9. The molecule has 5 rings (SSSR count). The van der Waals surface area contributed by atoms with Gasteiger partial charge in [-0.3, -0.25) is 28.4 Å². The summed E-state index contributed by atoms with van der Waals surface area (Å²) < 4.78 is 98.7. The molecule has 2 aromatic carbocycles. The lowest BCUT2D eigenvalue weighted by molar-refractivity contribution is -0.385. The van der Waals surface area contributed by atoms with Crippen LogP contribution in [0.3, 0.4) is 0 Å². The molecule has 9 N–H and O–H groups in total. The molecule has 2 unspecified atom stereocenters. The van der Waals surface area contributed by atoms with Crippen LogP contribution in [0.1, 0.15) is 104 Å². The summed E-state index contributed by atoms with van der Waals surface area (Å²) in [6.45, 7) is 22.2. The van der Waals surface area contributed by atoms with Crippen LogP contribution in [0.25, 0.3) is 11.1 Å². The van der Waals surface area contributed by atoms with Gasteiger partial charge in [-0.2, -0.15) is 0 Å². The van der Waals surface area contributed by atoms with Crippen molar-refractivity contribution in [2.24, 2.45) is 0 Å². The van der Waals surface area contributed by atoms with E-state index in [4.69, 9.17) is 28.1 Å². The second kappa shape index (κ2) is 40.5. The van der Waals surface area contributed by atoms with E-state index in [2.05, 4.69) is 53.8 Å². The number of nitrogens with zero attached hydrogens (tertiary/aromatic N) is 4. The van der Waals surface area contributed by atoms with Crippen molar-refractivity contribution >= 4 is 96.3 Å². The lowest BCUT2D eigenvalue weighted by Gasteiger charge is -2.29. The summed E-state index contributed by atoms with van der Waals surface area (Å²) in [5.41, 5.74) is 3.56. The van der Waals surface area contributed by atoms with Gasteiger partial charge in [-0.1, -0.05) is 101 Å². The minimum absolute atomic E-state index is 0.0324. The number of anilines is 3. The summed E-state index contributed by atoms with van der Waals surface area (Å²) in [5.74, 6) is 1.55. The lowest BCUT2D eigenvalue weighted by atomic mass is 9.81. The molecule has 90 heavy (non-hydrogen) atoms. The highest BCUT2D eigenvalue weighted by molar-refractivity contribution is 9.10. The predicted octanol–water partition coefficient (Wildman–Crippen LogP) is 13.3. The molecule has 0 saturated carbocycles. The maximum Gasteiger partial charge on any atom is 0.488 e. The number of rotatable bonds is 35. The van der Waals surface area contributed by atoms with Gasteiger partial charge in [0.1, 0.15) is 34.5 Å². The van der Waals surface area contributed by atoms with Crippen LogP contribution in [0.4, 0.5) is 23.1 Å². The van der Waals surface area contributed by atoms with Gasteiger partial charge in [-0.05, 0) is 137 Å². The Balaban J connectivity index is 0.000000429. The quantitative estimate of drug-likeness (QED) is 0.00598. The van der Waals surface area contributed by atoms with Crippen LogP contribution in [0.5, 0.6) is 0 Å². The van der Waals surface area contributed by atoms with E-state index in [1.54, 1.807) is 83.8 Å². The van der Waals surface area contributed by atoms with Gasteiger partial charge in [-0.15, -0.1) is 0 Å². The summed E-state index contributed by atoms with van der Waals surface area (Å²) in [6.07, 6.45) is 10.1. The molecule has 25 nitrogen and oxygen atoms in total. The highest BCUT2D eigenvalue weighted by atomic mass is 79.9. The normalized spacial score (nSPS) is 12.7.